The third-order valence-electron chi connectivity index (χ3n) is 6.75. The van der Waals surface area contributed by atoms with Gasteiger partial charge in [-0.2, -0.15) is 74.6 Å². The molecule has 6 nitrogen and oxygen atoms in total. The van der Waals surface area contributed by atoms with Crippen molar-refractivity contribution in [3.05, 3.63) is 0 Å². The molecule has 2 fully saturated rings. The van der Waals surface area contributed by atoms with Gasteiger partial charge in [-0.25, -0.2) is 0 Å². The van der Waals surface area contributed by atoms with Gasteiger partial charge in [-0.1, -0.05) is 22.6 Å². The molecule has 2 saturated heterocycles. The van der Waals surface area contributed by atoms with Crippen molar-refractivity contribution in [3.63, 3.8) is 0 Å². The number of carbonyl (C=O) groups excluding carboxylic acids is 2. The summed E-state index contributed by atoms with van der Waals surface area (Å²) in [5, 5.41) is 0. The summed E-state index contributed by atoms with van der Waals surface area (Å²) >= 11 is 1.37. The molecule has 0 aliphatic carbocycles. The molecule has 0 unspecified atom stereocenters. The van der Waals surface area contributed by atoms with Crippen LogP contribution in [0.1, 0.15) is 20.3 Å². The fourth-order valence-electron chi connectivity index (χ4n) is 4.39. The van der Waals surface area contributed by atoms with Crippen LogP contribution in [-0.2, 0) is 28.5 Å². The van der Waals surface area contributed by atoms with E-state index in [1.54, 1.807) is 0 Å². The van der Waals surface area contributed by atoms with E-state index < -0.39 is 113 Å². The van der Waals surface area contributed by atoms with E-state index in [1.807, 2.05) is 0 Å². The number of ether oxygens (including phenoxy) is 4. The minimum absolute atomic E-state index is 0.675. The SMILES string of the molecule is CC(=O)OC[C@H]1O[C@@H]2OC[C@@H](CC(F)(F)C(F)(F)C(F)(F)C(F)(F)C(F)(F)C(F)(F)C(F)(F)C(F)(F)F)[C@@H]2[C@@H](I)[C@@H]1OC(C)=O. The number of alkyl halides is 18. The molecule has 2 aliphatic rings. The van der Waals surface area contributed by atoms with Crippen LogP contribution in [0.4, 0.5) is 74.6 Å². The molecule has 0 aromatic rings. The third-order valence-corrected chi connectivity index (χ3v) is 8.29. The maximum Gasteiger partial charge on any atom is 0.460 e. The maximum absolute atomic E-state index is 14.7. The highest BCUT2D eigenvalue weighted by Gasteiger charge is 2.95. The zero-order valence-corrected chi connectivity index (χ0v) is 24.0. The molecular weight excluding hydrogens is 798 g/mol. The van der Waals surface area contributed by atoms with Crippen LogP contribution < -0.4 is 0 Å². The van der Waals surface area contributed by atoms with Crippen LogP contribution in [0.2, 0.25) is 0 Å². The molecule has 2 aliphatic heterocycles. The minimum Gasteiger partial charge on any atom is -0.463 e. The van der Waals surface area contributed by atoms with Crippen molar-refractivity contribution < 1.29 is 103 Å². The molecule has 264 valence electrons. The topological polar surface area (TPSA) is 71.1 Å². The van der Waals surface area contributed by atoms with E-state index in [9.17, 15) is 84.2 Å². The van der Waals surface area contributed by atoms with Crippen LogP contribution in [0.5, 0.6) is 0 Å². The third kappa shape index (κ3) is 6.35. The molecule has 6 atom stereocenters. The second-order valence-corrected chi connectivity index (χ2v) is 11.3. The summed E-state index contributed by atoms with van der Waals surface area (Å²) in [4.78, 5) is 22.7. The number of fused-ring (bicyclic) bond motifs is 1. The highest BCUT2D eigenvalue weighted by atomic mass is 127. The van der Waals surface area contributed by atoms with Gasteiger partial charge in [-0.3, -0.25) is 9.59 Å². The van der Waals surface area contributed by atoms with Gasteiger partial charge in [0.15, 0.2) is 6.29 Å². The van der Waals surface area contributed by atoms with Crippen molar-refractivity contribution in [2.24, 2.45) is 11.8 Å². The second kappa shape index (κ2) is 12.1. The van der Waals surface area contributed by atoms with Gasteiger partial charge in [0.25, 0.3) is 0 Å². The number of halogens is 18. The van der Waals surface area contributed by atoms with Crippen molar-refractivity contribution in [3.8, 4) is 0 Å². The van der Waals surface area contributed by atoms with Gasteiger partial charge in [0.2, 0.25) is 0 Å². The zero-order valence-electron chi connectivity index (χ0n) is 21.8. The lowest BCUT2D eigenvalue weighted by atomic mass is 9.80. The van der Waals surface area contributed by atoms with Crippen molar-refractivity contribution in [1.82, 2.24) is 0 Å². The Morgan fingerprint density at radius 2 is 1.16 bits per heavy atom. The molecule has 2 heterocycles. The predicted molar refractivity (Wildman–Crippen MR) is 117 cm³/mol. The molecular formula is C21H18F17IO6. The highest BCUT2D eigenvalue weighted by Crippen LogP contribution is 2.64. The number of rotatable bonds is 11. The van der Waals surface area contributed by atoms with Crippen LogP contribution in [0, 0.1) is 11.8 Å². The first-order valence-electron chi connectivity index (χ1n) is 11.8. The number of esters is 2. The number of carbonyl (C=O) groups is 2. The molecule has 2 rings (SSSR count). The van der Waals surface area contributed by atoms with Gasteiger partial charge in [0, 0.05) is 26.2 Å². The molecule has 0 aromatic heterocycles. The normalized spacial score (nSPS) is 27.6. The Kier molecular flexibility index (Phi) is 10.7. The summed E-state index contributed by atoms with van der Waals surface area (Å²) in [6.07, 6.45) is -15.3. The van der Waals surface area contributed by atoms with Crippen LogP contribution >= 0.6 is 22.6 Å². The summed E-state index contributed by atoms with van der Waals surface area (Å²) in [6.45, 7) is -0.0777. The van der Waals surface area contributed by atoms with Crippen molar-refractivity contribution >= 4 is 34.5 Å². The Hall–Kier alpha value is -1.60. The quantitative estimate of drug-likeness (QED) is 0.101. The van der Waals surface area contributed by atoms with E-state index in [4.69, 9.17) is 18.9 Å². The fourth-order valence-corrected chi connectivity index (χ4v) is 5.93. The first kappa shape index (κ1) is 39.6. The number of hydrogen-bond donors (Lipinski definition) is 0. The molecule has 0 spiro atoms. The lowest BCUT2D eigenvalue weighted by Crippen LogP contribution is -2.74. The summed E-state index contributed by atoms with van der Waals surface area (Å²) < 4.78 is 250. The van der Waals surface area contributed by atoms with E-state index in [2.05, 4.69) is 0 Å². The average Bonchev–Trinajstić information content (AvgIpc) is 3.24. The molecule has 0 bridgehead atoms. The largest absolute Gasteiger partial charge is 0.463 e. The van der Waals surface area contributed by atoms with Crippen LogP contribution in [0.3, 0.4) is 0 Å². The Morgan fingerprint density at radius 3 is 1.58 bits per heavy atom. The zero-order chi connectivity index (χ0) is 35.6. The summed E-state index contributed by atoms with van der Waals surface area (Å²) in [6, 6.07) is 0. The maximum atomic E-state index is 14.7. The molecule has 0 aromatic carbocycles. The van der Waals surface area contributed by atoms with E-state index in [1.165, 1.54) is 22.6 Å². The van der Waals surface area contributed by atoms with Gasteiger partial charge >= 0.3 is 59.6 Å². The van der Waals surface area contributed by atoms with Crippen LogP contribution in [0.25, 0.3) is 0 Å². The summed E-state index contributed by atoms with van der Waals surface area (Å²) in [5.74, 6) is -62.9. The molecule has 0 saturated carbocycles. The van der Waals surface area contributed by atoms with Crippen LogP contribution in [-0.4, -0.2) is 95.2 Å². The monoisotopic (exact) mass is 816 g/mol. The van der Waals surface area contributed by atoms with Gasteiger partial charge in [0.1, 0.15) is 18.8 Å². The lowest BCUT2D eigenvalue weighted by molar-refractivity contribution is -0.462. The van der Waals surface area contributed by atoms with E-state index in [-0.39, 0.29) is 0 Å². The molecule has 45 heavy (non-hydrogen) atoms. The summed E-state index contributed by atoms with van der Waals surface area (Å²) in [7, 11) is 0. The smallest absolute Gasteiger partial charge is 0.460 e. The van der Waals surface area contributed by atoms with Crippen molar-refractivity contribution in [2.75, 3.05) is 13.2 Å². The Balaban J connectivity index is 2.46. The van der Waals surface area contributed by atoms with Crippen LogP contribution in [0.15, 0.2) is 0 Å². The molecule has 24 heteroatoms. The average molecular weight is 816 g/mol. The van der Waals surface area contributed by atoms with E-state index in [0.29, 0.717) is 0 Å². The molecule has 0 N–H and O–H groups in total. The van der Waals surface area contributed by atoms with Gasteiger partial charge < -0.3 is 18.9 Å². The van der Waals surface area contributed by atoms with Crippen molar-refractivity contribution in [1.29, 1.82) is 0 Å². The number of hydrogen-bond acceptors (Lipinski definition) is 6. The lowest BCUT2D eigenvalue weighted by Gasteiger charge is -2.44. The predicted octanol–water partition coefficient (Wildman–Crippen LogP) is 6.67. The minimum atomic E-state index is -8.72. The molecule has 0 amide bonds. The van der Waals surface area contributed by atoms with Gasteiger partial charge in [-0.15, -0.1) is 0 Å². The first-order chi connectivity index (χ1) is 19.8. The van der Waals surface area contributed by atoms with Gasteiger partial charge in [-0.05, 0) is 5.92 Å². The van der Waals surface area contributed by atoms with Crippen molar-refractivity contribution in [2.45, 2.75) is 90.3 Å². The Bertz CT molecular complexity index is 1110. The Labute approximate surface area is 253 Å². The standard InChI is InChI=1S/C21H18F17IO6/c1-6(40)42-5-9-12(44-7(2)41)11(39)10-8(4-43-13(10)45-9)3-14(22,23)15(24,25)16(26,27)17(28,29)18(30,31)19(32,33)20(34,35)21(36,37)38/h8-13H,3-5H2,1-2H3/t8-,9-,10-,11-,12-,13+/m1/s1. The second-order valence-electron chi connectivity index (χ2n) is 9.89. The Morgan fingerprint density at radius 1 is 0.711 bits per heavy atom. The fraction of sp³-hybridized carbons (Fsp3) is 0.905. The first-order valence-corrected chi connectivity index (χ1v) is 13.0. The van der Waals surface area contributed by atoms with E-state index in [0.717, 1.165) is 13.8 Å². The molecule has 0 radical (unpaired) electrons. The van der Waals surface area contributed by atoms with E-state index >= 15 is 0 Å². The van der Waals surface area contributed by atoms with Gasteiger partial charge in [0.05, 0.1) is 10.5 Å². The highest BCUT2D eigenvalue weighted by molar-refractivity contribution is 14.1. The summed E-state index contributed by atoms with van der Waals surface area (Å²) in [5.41, 5.74) is 0.